The minimum Gasteiger partial charge on any atom is -0.380 e. The van der Waals surface area contributed by atoms with Crippen LogP contribution in [-0.4, -0.2) is 59.8 Å². The molecule has 8 heteroatoms. The van der Waals surface area contributed by atoms with Crippen molar-refractivity contribution in [3.05, 3.63) is 47.4 Å². The van der Waals surface area contributed by atoms with Crippen LogP contribution in [0.5, 0.6) is 0 Å². The van der Waals surface area contributed by atoms with Gasteiger partial charge < -0.3 is 19.5 Å². The molecule has 1 aromatic carbocycles. The van der Waals surface area contributed by atoms with Crippen molar-refractivity contribution in [2.75, 3.05) is 26.3 Å². The second-order valence-electron chi connectivity index (χ2n) is 8.76. The van der Waals surface area contributed by atoms with E-state index >= 15 is 0 Å². The first-order chi connectivity index (χ1) is 16.2. The van der Waals surface area contributed by atoms with Crippen LogP contribution in [0.2, 0.25) is 0 Å². The minimum atomic E-state index is -0.899. The quantitative estimate of drug-likeness (QED) is 0.445. The molecule has 0 bridgehead atoms. The molecule has 182 valence electrons. The Morgan fingerprint density at radius 1 is 1.38 bits per heavy atom. The molecule has 0 unspecified atom stereocenters. The Bertz CT molecular complexity index is 1100. The number of carbonyl (C=O) groups is 2. The summed E-state index contributed by atoms with van der Waals surface area (Å²) in [7, 11) is 0. The molecule has 0 saturated carbocycles. The normalized spacial score (nSPS) is 15.6. The number of amides is 2. The van der Waals surface area contributed by atoms with Gasteiger partial charge in [0.1, 0.15) is 17.2 Å². The summed E-state index contributed by atoms with van der Waals surface area (Å²) in [6.07, 6.45) is 5.62. The average Bonchev–Trinajstić information content (AvgIpc) is 3.14. The van der Waals surface area contributed by atoms with E-state index in [0.29, 0.717) is 49.8 Å². The van der Waals surface area contributed by atoms with Crippen molar-refractivity contribution in [2.24, 2.45) is 4.99 Å². The molecule has 1 aliphatic heterocycles. The number of rotatable bonds is 9. The van der Waals surface area contributed by atoms with Crippen LogP contribution in [-0.2, 0) is 20.9 Å². The van der Waals surface area contributed by atoms with E-state index in [1.54, 1.807) is 37.8 Å². The Morgan fingerprint density at radius 2 is 2.15 bits per heavy atom. The summed E-state index contributed by atoms with van der Waals surface area (Å²) < 4.78 is 21.8. The molecule has 2 aromatic rings. The van der Waals surface area contributed by atoms with Crippen molar-refractivity contribution in [2.45, 2.75) is 46.2 Å². The summed E-state index contributed by atoms with van der Waals surface area (Å²) in [5.41, 5.74) is 1.92. The van der Waals surface area contributed by atoms with Gasteiger partial charge in [0.25, 0.3) is 0 Å². The third-order valence-corrected chi connectivity index (χ3v) is 6.13. The number of aromatic nitrogens is 1. The van der Waals surface area contributed by atoms with Crippen molar-refractivity contribution >= 4 is 30.4 Å². The highest BCUT2D eigenvalue weighted by Gasteiger charge is 2.39. The lowest BCUT2D eigenvalue weighted by atomic mass is 9.98. The third-order valence-electron chi connectivity index (χ3n) is 6.13. The molecule has 0 radical (unpaired) electrons. The van der Waals surface area contributed by atoms with Crippen LogP contribution in [0.25, 0.3) is 17.2 Å². The van der Waals surface area contributed by atoms with E-state index in [2.05, 4.69) is 17.0 Å². The molecule has 0 atom stereocenters. The maximum atomic E-state index is 14.3. The van der Waals surface area contributed by atoms with Gasteiger partial charge in [0, 0.05) is 50.0 Å². The number of nitrogens with zero attached hydrogens (tertiary/aromatic N) is 3. The Balaban J connectivity index is 1.92. The van der Waals surface area contributed by atoms with Gasteiger partial charge in [0.15, 0.2) is 0 Å². The Labute approximate surface area is 200 Å². The Morgan fingerprint density at radius 3 is 2.82 bits per heavy atom. The van der Waals surface area contributed by atoms with Gasteiger partial charge in [0.05, 0.1) is 6.61 Å². The van der Waals surface area contributed by atoms with Gasteiger partial charge in [-0.15, -0.1) is 0 Å². The predicted molar refractivity (Wildman–Crippen MR) is 133 cm³/mol. The number of benzene rings is 1. The number of piperazine rings is 1. The fraction of sp³-hybridized carbons (Fsp3) is 0.423. The number of hydrogen-bond acceptors (Lipinski definition) is 4. The van der Waals surface area contributed by atoms with Crippen molar-refractivity contribution in [1.82, 2.24) is 14.8 Å². The fourth-order valence-corrected chi connectivity index (χ4v) is 4.09. The summed E-state index contributed by atoms with van der Waals surface area (Å²) in [5.74, 6) is 0.0349. The zero-order valence-electron chi connectivity index (χ0n) is 20.4. The monoisotopic (exact) mass is 468 g/mol. The number of hydrogen-bond donors (Lipinski definition) is 1. The molecule has 3 rings (SSSR count). The molecule has 34 heavy (non-hydrogen) atoms. The number of nitrogens with one attached hydrogen (secondary N) is 1. The molecule has 0 spiro atoms. The summed E-state index contributed by atoms with van der Waals surface area (Å²) in [4.78, 5) is 30.9. The predicted octanol–water partition coefficient (Wildman–Crippen LogP) is 4.11. The maximum absolute atomic E-state index is 14.3. The first-order valence-electron chi connectivity index (χ1n) is 11.5. The van der Waals surface area contributed by atoms with E-state index in [1.165, 1.54) is 6.07 Å². The van der Waals surface area contributed by atoms with Crippen LogP contribution in [0.15, 0.2) is 35.5 Å². The van der Waals surface area contributed by atoms with E-state index < -0.39 is 5.54 Å². The third kappa shape index (κ3) is 5.28. The van der Waals surface area contributed by atoms with E-state index in [0.717, 1.165) is 11.1 Å². The first-order valence-corrected chi connectivity index (χ1v) is 11.5. The molecule has 2 heterocycles. The molecular weight excluding hydrogens is 435 g/mol. The van der Waals surface area contributed by atoms with Crippen LogP contribution in [0.4, 0.5) is 10.2 Å². The second-order valence-corrected chi connectivity index (χ2v) is 8.76. The molecule has 2 amide bonds. The van der Waals surface area contributed by atoms with Crippen LogP contribution in [0.1, 0.15) is 38.3 Å². The topological polar surface area (TPSA) is 75.9 Å². The van der Waals surface area contributed by atoms with Crippen molar-refractivity contribution < 1.29 is 18.7 Å². The van der Waals surface area contributed by atoms with Crippen molar-refractivity contribution in [3.8, 4) is 11.1 Å². The van der Waals surface area contributed by atoms with Gasteiger partial charge in [-0.2, -0.15) is 0 Å². The standard InChI is InChI=1S/C26H33FN4O3/c1-6-34-15-14-30-17-21(19-11-10-18(2)22(27)16-19)20(24(30)28-5)8-7-9-23(32)31-13-12-29-25(33)26(31,3)4/h7-8,10-11,16-17H,5-6,9,12-15H2,1-4H3,(H,29,33)/b8-7-. The highest BCUT2D eigenvalue weighted by molar-refractivity contribution is 5.92. The van der Waals surface area contributed by atoms with Gasteiger partial charge in [0.2, 0.25) is 11.8 Å². The summed E-state index contributed by atoms with van der Waals surface area (Å²) in [5, 5.41) is 2.80. The lowest BCUT2D eigenvalue weighted by Gasteiger charge is -2.41. The number of aryl methyl sites for hydroxylation is 1. The van der Waals surface area contributed by atoms with E-state index in [1.807, 2.05) is 29.8 Å². The molecule has 7 nitrogen and oxygen atoms in total. The number of ether oxygens (including phenoxy) is 1. The second kappa shape index (κ2) is 10.8. The van der Waals surface area contributed by atoms with E-state index in [4.69, 9.17) is 4.74 Å². The van der Waals surface area contributed by atoms with Gasteiger partial charge in [-0.3, -0.25) is 9.59 Å². The zero-order valence-corrected chi connectivity index (χ0v) is 20.4. The lowest BCUT2D eigenvalue weighted by Crippen LogP contribution is -2.63. The SMILES string of the molecule is C=Nc1c(/C=C\CC(=O)N2CCNC(=O)C2(C)C)c(-c2ccc(C)c(F)c2)cn1CCOCC. The Kier molecular flexibility index (Phi) is 8.04. The molecule has 1 aromatic heterocycles. The average molecular weight is 469 g/mol. The maximum Gasteiger partial charge on any atom is 0.245 e. The largest absolute Gasteiger partial charge is 0.380 e. The molecular formula is C26H33FN4O3. The van der Waals surface area contributed by atoms with Crippen molar-refractivity contribution in [1.29, 1.82) is 0 Å². The molecule has 1 N–H and O–H groups in total. The molecule has 1 fully saturated rings. The molecule has 1 aliphatic rings. The van der Waals surface area contributed by atoms with Gasteiger partial charge >= 0.3 is 0 Å². The highest BCUT2D eigenvalue weighted by Crippen LogP contribution is 2.35. The minimum absolute atomic E-state index is 0.124. The van der Waals surface area contributed by atoms with Gasteiger partial charge in [-0.05, 0) is 51.6 Å². The molecule has 0 aliphatic carbocycles. The van der Waals surface area contributed by atoms with Crippen LogP contribution >= 0.6 is 0 Å². The van der Waals surface area contributed by atoms with Crippen molar-refractivity contribution in [3.63, 3.8) is 0 Å². The van der Waals surface area contributed by atoms with E-state index in [-0.39, 0.29) is 24.1 Å². The van der Waals surface area contributed by atoms with Crippen LogP contribution in [0, 0.1) is 12.7 Å². The number of halogens is 1. The Hall–Kier alpha value is -3.26. The number of carbonyl (C=O) groups excluding carboxylic acids is 2. The smallest absolute Gasteiger partial charge is 0.245 e. The summed E-state index contributed by atoms with van der Waals surface area (Å²) >= 11 is 0. The first kappa shape index (κ1) is 25.4. The highest BCUT2D eigenvalue weighted by atomic mass is 19.1. The lowest BCUT2D eigenvalue weighted by molar-refractivity contribution is -0.148. The summed E-state index contributed by atoms with van der Waals surface area (Å²) in [6.45, 7) is 13.4. The van der Waals surface area contributed by atoms with Crippen LogP contribution in [0.3, 0.4) is 0 Å². The molecule has 1 saturated heterocycles. The van der Waals surface area contributed by atoms with E-state index in [9.17, 15) is 14.0 Å². The van der Waals surface area contributed by atoms with Crippen LogP contribution < -0.4 is 5.32 Å². The van der Waals surface area contributed by atoms with Gasteiger partial charge in [-0.1, -0.05) is 24.3 Å². The fourth-order valence-electron chi connectivity index (χ4n) is 4.09. The number of aliphatic imine (C=N–C) groups is 1. The zero-order chi connectivity index (χ0) is 24.9. The summed E-state index contributed by atoms with van der Waals surface area (Å²) in [6, 6.07) is 5.11. The van der Waals surface area contributed by atoms with Gasteiger partial charge in [-0.25, -0.2) is 9.38 Å².